The van der Waals surface area contributed by atoms with Gasteiger partial charge in [-0.25, -0.2) is 4.79 Å². The molecule has 0 heterocycles. The quantitative estimate of drug-likeness (QED) is 0.123. The lowest BCUT2D eigenvalue weighted by Crippen LogP contribution is -2.24. The van der Waals surface area contributed by atoms with Crippen molar-refractivity contribution >= 4 is 58.3 Å². The second-order valence-electron chi connectivity index (χ2n) is 10.5. The Bertz CT molecular complexity index is 1480. The monoisotopic (exact) mass is 671 g/mol. The molecular formula is C35H33Cl4NO4. The molecule has 0 spiro atoms. The lowest BCUT2D eigenvalue weighted by atomic mass is 9.94. The van der Waals surface area contributed by atoms with E-state index in [4.69, 9.17) is 51.1 Å². The van der Waals surface area contributed by atoms with E-state index in [-0.39, 0.29) is 11.7 Å². The Labute approximate surface area is 278 Å². The Morgan fingerprint density at radius 2 is 1.16 bits per heavy atom. The molecule has 0 radical (unpaired) electrons. The SMILES string of the molecule is O=C(O)COc1c(-c2cc(Cl)cc(Cl)c2)cc(C(=O)NCCCCCCCCc2ccccc2)cc1-c1cc(Cl)cc(Cl)c1. The number of aliphatic carboxylic acids is 1. The molecule has 0 aliphatic heterocycles. The highest BCUT2D eigenvalue weighted by Gasteiger charge is 2.21. The molecule has 230 valence electrons. The van der Waals surface area contributed by atoms with E-state index in [9.17, 15) is 14.7 Å². The first-order valence-corrected chi connectivity index (χ1v) is 16.0. The van der Waals surface area contributed by atoms with Crippen LogP contribution in [0.25, 0.3) is 22.3 Å². The third kappa shape index (κ3) is 10.2. The number of rotatable bonds is 15. The fourth-order valence-corrected chi connectivity index (χ4v) is 6.06. The molecule has 1 amide bonds. The van der Waals surface area contributed by atoms with Crippen molar-refractivity contribution in [3.8, 4) is 28.0 Å². The van der Waals surface area contributed by atoms with Gasteiger partial charge in [-0.3, -0.25) is 4.79 Å². The van der Waals surface area contributed by atoms with Crippen LogP contribution in [0.5, 0.6) is 5.75 Å². The largest absolute Gasteiger partial charge is 0.481 e. The van der Waals surface area contributed by atoms with Gasteiger partial charge in [-0.2, -0.15) is 0 Å². The number of carbonyl (C=O) groups is 2. The summed E-state index contributed by atoms with van der Waals surface area (Å²) >= 11 is 25.3. The van der Waals surface area contributed by atoms with Gasteiger partial charge in [-0.15, -0.1) is 0 Å². The zero-order valence-corrected chi connectivity index (χ0v) is 27.1. The van der Waals surface area contributed by atoms with Crippen LogP contribution >= 0.6 is 46.4 Å². The number of ether oxygens (including phenoxy) is 1. The zero-order chi connectivity index (χ0) is 31.5. The van der Waals surface area contributed by atoms with Gasteiger partial charge >= 0.3 is 5.97 Å². The molecule has 4 aromatic carbocycles. The number of aryl methyl sites for hydroxylation is 1. The molecule has 2 N–H and O–H groups in total. The molecule has 4 aromatic rings. The van der Waals surface area contributed by atoms with Crippen molar-refractivity contribution in [1.82, 2.24) is 5.32 Å². The van der Waals surface area contributed by atoms with Gasteiger partial charge in [0, 0.05) is 43.3 Å². The summed E-state index contributed by atoms with van der Waals surface area (Å²) in [7, 11) is 0. The summed E-state index contributed by atoms with van der Waals surface area (Å²) in [6.07, 6.45) is 7.61. The second kappa shape index (κ2) is 16.7. The van der Waals surface area contributed by atoms with Gasteiger partial charge in [0.15, 0.2) is 6.61 Å². The van der Waals surface area contributed by atoms with Crippen LogP contribution < -0.4 is 10.1 Å². The number of unbranched alkanes of at least 4 members (excludes halogenated alkanes) is 5. The lowest BCUT2D eigenvalue weighted by molar-refractivity contribution is -0.139. The fraction of sp³-hybridized carbons (Fsp3) is 0.257. The Morgan fingerprint density at radius 3 is 1.68 bits per heavy atom. The average Bonchev–Trinajstić information content (AvgIpc) is 2.98. The first kappa shape index (κ1) is 33.7. The Kier molecular flexibility index (Phi) is 12.8. The minimum atomic E-state index is -1.16. The highest BCUT2D eigenvalue weighted by atomic mass is 35.5. The molecule has 44 heavy (non-hydrogen) atoms. The molecule has 4 rings (SSSR count). The molecule has 0 unspecified atom stereocenters. The topological polar surface area (TPSA) is 75.6 Å². The first-order valence-electron chi connectivity index (χ1n) is 14.5. The van der Waals surface area contributed by atoms with Crippen molar-refractivity contribution in [2.24, 2.45) is 0 Å². The van der Waals surface area contributed by atoms with Crippen LogP contribution in [-0.4, -0.2) is 30.1 Å². The van der Waals surface area contributed by atoms with Gasteiger partial charge in [0.25, 0.3) is 5.91 Å². The van der Waals surface area contributed by atoms with E-state index in [2.05, 4.69) is 29.6 Å². The summed E-state index contributed by atoms with van der Waals surface area (Å²) in [5.41, 5.74) is 3.74. The number of hydrogen-bond acceptors (Lipinski definition) is 3. The number of carboxylic acid groups (broad SMARTS) is 1. The molecule has 0 fully saturated rings. The number of nitrogens with one attached hydrogen (secondary N) is 1. The Balaban J connectivity index is 1.50. The molecular weight excluding hydrogens is 640 g/mol. The summed E-state index contributed by atoms with van der Waals surface area (Å²) in [5, 5.41) is 13.9. The Morgan fingerprint density at radius 1 is 0.659 bits per heavy atom. The number of carboxylic acids is 1. The summed E-state index contributed by atoms with van der Waals surface area (Å²) in [4.78, 5) is 24.9. The molecule has 0 saturated carbocycles. The highest BCUT2D eigenvalue weighted by molar-refractivity contribution is 6.35. The van der Waals surface area contributed by atoms with Crippen molar-refractivity contribution in [2.75, 3.05) is 13.2 Å². The third-order valence-electron chi connectivity index (χ3n) is 7.06. The van der Waals surface area contributed by atoms with Gasteiger partial charge in [0.2, 0.25) is 0 Å². The van der Waals surface area contributed by atoms with Gasteiger partial charge in [0.05, 0.1) is 0 Å². The molecule has 0 aliphatic rings. The molecule has 0 aliphatic carbocycles. The van der Waals surface area contributed by atoms with Gasteiger partial charge < -0.3 is 15.2 Å². The second-order valence-corrected chi connectivity index (χ2v) is 12.3. The van der Waals surface area contributed by atoms with Crippen LogP contribution in [0.15, 0.2) is 78.9 Å². The molecule has 0 aromatic heterocycles. The van der Waals surface area contributed by atoms with Crippen LogP contribution in [-0.2, 0) is 11.2 Å². The predicted octanol–water partition coefficient (Wildman–Crippen LogP) is 10.4. The maximum absolute atomic E-state index is 13.4. The normalized spacial score (nSPS) is 10.9. The van der Waals surface area contributed by atoms with E-state index >= 15 is 0 Å². The van der Waals surface area contributed by atoms with E-state index in [0.29, 0.717) is 54.5 Å². The van der Waals surface area contributed by atoms with Gasteiger partial charge in [-0.1, -0.05) is 102 Å². The van der Waals surface area contributed by atoms with E-state index in [0.717, 1.165) is 32.1 Å². The minimum absolute atomic E-state index is 0.230. The average molecular weight is 673 g/mol. The molecule has 5 nitrogen and oxygen atoms in total. The Hall–Kier alpha value is -3.22. The summed E-state index contributed by atoms with van der Waals surface area (Å²) in [6, 6.07) is 23.7. The smallest absolute Gasteiger partial charge is 0.341 e. The van der Waals surface area contributed by atoms with E-state index < -0.39 is 12.6 Å². The van der Waals surface area contributed by atoms with Crippen LogP contribution in [0.3, 0.4) is 0 Å². The number of halogens is 4. The van der Waals surface area contributed by atoms with Gasteiger partial charge in [-0.05, 0) is 84.5 Å². The van der Waals surface area contributed by atoms with E-state index in [1.165, 1.54) is 18.4 Å². The molecule has 0 atom stereocenters. The summed E-state index contributed by atoms with van der Waals surface area (Å²) < 4.78 is 5.81. The summed E-state index contributed by atoms with van der Waals surface area (Å²) in [5.74, 6) is -1.21. The van der Waals surface area contributed by atoms with Crippen LogP contribution in [0.2, 0.25) is 20.1 Å². The van der Waals surface area contributed by atoms with E-state index in [1.54, 1.807) is 48.5 Å². The maximum Gasteiger partial charge on any atom is 0.341 e. The van der Waals surface area contributed by atoms with Crippen LogP contribution in [0, 0.1) is 0 Å². The molecule has 0 saturated heterocycles. The standard InChI is InChI=1S/C35H33Cl4NO4/c36-27-14-24(15-28(37)20-27)31-18-26(19-32(34(31)44-22-33(41)42)25-16-29(38)21-30(39)17-25)35(43)40-13-9-4-2-1-3-6-10-23-11-7-5-8-12-23/h5,7-8,11-12,14-21H,1-4,6,9-10,13,22H2,(H,40,43)(H,41,42). The van der Waals surface area contributed by atoms with Crippen LogP contribution in [0.1, 0.15) is 54.4 Å². The van der Waals surface area contributed by atoms with Crippen molar-refractivity contribution in [1.29, 1.82) is 0 Å². The highest BCUT2D eigenvalue weighted by Crippen LogP contribution is 2.43. The number of benzene rings is 4. The zero-order valence-electron chi connectivity index (χ0n) is 24.1. The number of carbonyl (C=O) groups excluding carboxylic acids is 1. The van der Waals surface area contributed by atoms with Gasteiger partial charge in [0.1, 0.15) is 5.75 Å². The summed E-state index contributed by atoms with van der Waals surface area (Å²) in [6.45, 7) is -0.0861. The van der Waals surface area contributed by atoms with Crippen LogP contribution in [0.4, 0.5) is 0 Å². The minimum Gasteiger partial charge on any atom is -0.481 e. The first-order chi connectivity index (χ1) is 21.2. The maximum atomic E-state index is 13.4. The predicted molar refractivity (Wildman–Crippen MR) is 181 cm³/mol. The lowest BCUT2D eigenvalue weighted by Gasteiger charge is -2.19. The molecule has 9 heteroatoms. The van der Waals surface area contributed by atoms with E-state index in [1.807, 2.05) is 6.07 Å². The fourth-order valence-electron chi connectivity index (χ4n) is 5.01. The third-order valence-corrected chi connectivity index (χ3v) is 7.93. The van der Waals surface area contributed by atoms with Crippen molar-refractivity contribution in [2.45, 2.75) is 44.9 Å². The van der Waals surface area contributed by atoms with Crippen molar-refractivity contribution in [3.05, 3.63) is 110 Å². The number of amides is 1. The number of hydrogen-bond donors (Lipinski definition) is 2. The molecule has 0 bridgehead atoms. The van der Waals surface area contributed by atoms with Crippen molar-refractivity contribution < 1.29 is 19.4 Å². The van der Waals surface area contributed by atoms with Crippen molar-refractivity contribution in [3.63, 3.8) is 0 Å².